The number of aromatic nitrogens is 2. The molecule has 3 aliphatic heterocycles. The molecule has 0 saturated carbocycles. The molecule has 3 saturated heterocycles. The molecule has 2 bridgehead atoms. The van der Waals surface area contributed by atoms with Crippen molar-refractivity contribution in [2.24, 2.45) is 5.92 Å². The van der Waals surface area contributed by atoms with Gasteiger partial charge in [0.15, 0.2) is 0 Å². The summed E-state index contributed by atoms with van der Waals surface area (Å²) in [5, 5.41) is 3.31. The maximum Gasteiger partial charge on any atom is 0.203 e. The van der Waals surface area contributed by atoms with Gasteiger partial charge in [-0.25, -0.2) is 4.98 Å². The summed E-state index contributed by atoms with van der Waals surface area (Å²) in [6, 6.07) is 0.604. The van der Waals surface area contributed by atoms with E-state index >= 15 is 0 Å². The van der Waals surface area contributed by atoms with Crippen molar-refractivity contribution in [2.75, 3.05) is 31.5 Å². The lowest BCUT2D eigenvalue weighted by molar-refractivity contribution is 0.0579. The van der Waals surface area contributed by atoms with Crippen LogP contribution in [0, 0.1) is 5.92 Å². The molecule has 0 radical (unpaired) electrons. The van der Waals surface area contributed by atoms with Crippen LogP contribution in [0.2, 0.25) is 0 Å². The highest BCUT2D eigenvalue weighted by molar-refractivity contribution is 5.28. The van der Waals surface area contributed by atoms with Crippen LogP contribution >= 0.6 is 0 Å². The SMILES string of the molecule is C=CCNc1nccn1C1CN2CCC1CC2. The highest BCUT2D eigenvalue weighted by atomic mass is 15.3. The standard InChI is InChI=1S/C13H20N4/c1-2-5-14-13-15-6-9-17(13)12-10-16-7-3-11(12)4-8-16/h2,6,9,11-12H,1,3-5,7-8,10H2,(H,14,15). The van der Waals surface area contributed by atoms with Gasteiger partial charge < -0.3 is 14.8 Å². The number of hydrogen-bond donors (Lipinski definition) is 1. The largest absolute Gasteiger partial charge is 0.352 e. The van der Waals surface area contributed by atoms with Gasteiger partial charge in [0.2, 0.25) is 5.95 Å². The average Bonchev–Trinajstić information content (AvgIpc) is 2.86. The summed E-state index contributed by atoms with van der Waals surface area (Å²) in [7, 11) is 0. The molecule has 4 nitrogen and oxygen atoms in total. The summed E-state index contributed by atoms with van der Waals surface area (Å²) >= 11 is 0. The van der Waals surface area contributed by atoms with Crippen LogP contribution in [0.25, 0.3) is 0 Å². The van der Waals surface area contributed by atoms with Crippen molar-refractivity contribution >= 4 is 5.95 Å². The molecule has 0 aromatic carbocycles. The molecule has 3 fully saturated rings. The Bertz CT molecular complexity index is 390. The predicted molar refractivity (Wildman–Crippen MR) is 69.1 cm³/mol. The molecule has 4 heteroatoms. The second-order valence-corrected chi connectivity index (χ2v) is 5.03. The second kappa shape index (κ2) is 4.53. The summed E-state index contributed by atoms with van der Waals surface area (Å²) in [5.74, 6) is 1.82. The quantitative estimate of drug-likeness (QED) is 0.803. The van der Waals surface area contributed by atoms with Gasteiger partial charge in [-0.05, 0) is 31.8 Å². The van der Waals surface area contributed by atoms with Gasteiger partial charge in [0.25, 0.3) is 0 Å². The summed E-state index contributed by atoms with van der Waals surface area (Å²) < 4.78 is 2.32. The van der Waals surface area contributed by atoms with Crippen molar-refractivity contribution in [3.8, 4) is 0 Å². The lowest BCUT2D eigenvalue weighted by atomic mass is 9.84. The molecule has 0 amide bonds. The Hall–Kier alpha value is -1.29. The minimum Gasteiger partial charge on any atom is -0.352 e. The highest BCUT2D eigenvalue weighted by Gasteiger charge is 2.35. The molecule has 1 atom stereocenters. The van der Waals surface area contributed by atoms with E-state index in [-0.39, 0.29) is 0 Å². The van der Waals surface area contributed by atoms with Gasteiger partial charge >= 0.3 is 0 Å². The molecular weight excluding hydrogens is 212 g/mol. The Balaban J connectivity index is 1.79. The van der Waals surface area contributed by atoms with Crippen molar-refractivity contribution in [3.05, 3.63) is 25.0 Å². The van der Waals surface area contributed by atoms with Gasteiger partial charge in [-0.3, -0.25) is 0 Å². The number of fused-ring (bicyclic) bond motifs is 3. The fraction of sp³-hybridized carbons (Fsp3) is 0.615. The van der Waals surface area contributed by atoms with E-state index in [9.17, 15) is 0 Å². The van der Waals surface area contributed by atoms with Gasteiger partial charge in [-0.15, -0.1) is 6.58 Å². The zero-order valence-corrected chi connectivity index (χ0v) is 10.2. The normalized spacial score (nSPS) is 31.4. The molecule has 4 heterocycles. The maximum absolute atomic E-state index is 4.40. The number of piperidine rings is 3. The summed E-state index contributed by atoms with van der Waals surface area (Å²) in [5.41, 5.74) is 0. The van der Waals surface area contributed by atoms with Crippen LogP contribution in [-0.2, 0) is 0 Å². The molecule has 92 valence electrons. The molecule has 1 aromatic heterocycles. The van der Waals surface area contributed by atoms with E-state index in [0.717, 1.165) is 18.4 Å². The molecule has 0 spiro atoms. The number of anilines is 1. The number of hydrogen-bond acceptors (Lipinski definition) is 3. The van der Waals surface area contributed by atoms with Crippen LogP contribution in [0.15, 0.2) is 25.0 Å². The first-order valence-electron chi connectivity index (χ1n) is 6.48. The Morgan fingerprint density at radius 3 is 2.94 bits per heavy atom. The number of imidazole rings is 1. The van der Waals surface area contributed by atoms with E-state index in [1.54, 1.807) is 0 Å². The van der Waals surface area contributed by atoms with Crippen molar-refractivity contribution in [3.63, 3.8) is 0 Å². The third-order valence-electron chi connectivity index (χ3n) is 4.05. The third-order valence-corrected chi connectivity index (χ3v) is 4.05. The van der Waals surface area contributed by atoms with Gasteiger partial charge in [-0.2, -0.15) is 0 Å². The Kier molecular flexibility index (Phi) is 2.89. The number of nitrogens with zero attached hydrogens (tertiary/aromatic N) is 3. The van der Waals surface area contributed by atoms with Crippen molar-refractivity contribution < 1.29 is 0 Å². The van der Waals surface area contributed by atoms with Crippen molar-refractivity contribution in [2.45, 2.75) is 18.9 Å². The molecule has 3 aliphatic rings. The van der Waals surface area contributed by atoms with E-state index in [1.165, 1.54) is 32.5 Å². The van der Waals surface area contributed by atoms with E-state index in [0.29, 0.717) is 6.04 Å². The first-order chi connectivity index (χ1) is 8.38. The highest BCUT2D eigenvalue weighted by Crippen LogP contribution is 2.36. The summed E-state index contributed by atoms with van der Waals surface area (Å²) in [4.78, 5) is 6.97. The Labute approximate surface area is 102 Å². The first kappa shape index (κ1) is 10.8. The second-order valence-electron chi connectivity index (χ2n) is 5.03. The minimum atomic E-state index is 0.604. The average molecular weight is 232 g/mol. The smallest absolute Gasteiger partial charge is 0.203 e. The van der Waals surface area contributed by atoms with Gasteiger partial charge in [-0.1, -0.05) is 6.08 Å². The van der Waals surface area contributed by atoms with Crippen molar-refractivity contribution in [1.82, 2.24) is 14.5 Å². The summed E-state index contributed by atoms with van der Waals surface area (Å²) in [6.07, 6.45) is 8.55. The lowest BCUT2D eigenvalue weighted by Crippen LogP contribution is -2.48. The van der Waals surface area contributed by atoms with Crippen LogP contribution in [0.1, 0.15) is 18.9 Å². The number of rotatable bonds is 4. The van der Waals surface area contributed by atoms with Crippen LogP contribution < -0.4 is 5.32 Å². The maximum atomic E-state index is 4.40. The zero-order chi connectivity index (χ0) is 11.7. The zero-order valence-electron chi connectivity index (χ0n) is 10.2. The topological polar surface area (TPSA) is 33.1 Å². The summed E-state index contributed by atoms with van der Waals surface area (Å²) in [6.45, 7) is 8.26. The lowest BCUT2D eigenvalue weighted by Gasteiger charge is -2.45. The van der Waals surface area contributed by atoms with Gasteiger partial charge in [0.05, 0.1) is 6.04 Å². The predicted octanol–water partition coefficient (Wildman–Crippen LogP) is 1.75. The molecule has 1 aromatic rings. The molecule has 1 unspecified atom stereocenters. The third kappa shape index (κ3) is 1.97. The molecule has 0 aliphatic carbocycles. The van der Waals surface area contributed by atoms with Crippen molar-refractivity contribution in [1.29, 1.82) is 0 Å². The van der Waals surface area contributed by atoms with Crippen LogP contribution in [0.5, 0.6) is 0 Å². The fourth-order valence-corrected chi connectivity index (χ4v) is 3.13. The Morgan fingerprint density at radius 1 is 1.47 bits per heavy atom. The molecule has 4 rings (SSSR count). The van der Waals surface area contributed by atoms with Crippen LogP contribution in [0.3, 0.4) is 0 Å². The van der Waals surface area contributed by atoms with Crippen LogP contribution in [-0.4, -0.2) is 40.6 Å². The van der Waals surface area contributed by atoms with Crippen LogP contribution in [0.4, 0.5) is 5.95 Å². The Morgan fingerprint density at radius 2 is 2.29 bits per heavy atom. The molecular formula is C13H20N4. The minimum absolute atomic E-state index is 0.604. The fourth-order valence-electron chi connectivity index (χ4n) is 3.13. The van der Waals surface area contributed by atoms with E-state index < -0.39 is 0 Å². The molecule has 17 heavy (non-hydrogen) atoms. The van der Waals surface area contributed by atoms with Gasteiger partial charge in [0, 0.05) is 25.5 Å². The van der Waals surface area contributed by atoms with Gasteiger partial charge in [0.1, 0.15) is 0 Å². The van der Waals surface area contributed by atoms with E-state index in [2.05, 4.69) is 32.5 Å². The van der Waals surface area contributed by atoms with E-state index in [4.69, 9.17) is 0 Å². The van der Waals surface area contributed by atoms with E-state index in [1.807, 2.05) is 12.3 Å². The number of nitrogens with one attached hydrogen (secondary N) is 1. The monoisotopic (exact) mass is 232 g/mol. The first-order valence-corrected chi connectivity index (χ1v) is 6.48. The molecule has 1 N–H and O–H groups in total.